The molecule has 25 heavy (non-hydrogen) atoms. The monoisotopic (exact) mass is 350 g/mol. The predicted molar refractivity (Wildman–Crippen MR) is 96.4 cm³/mol. The van der Waals surface area contributed by atoms with E-state index in [1.54, 1.807) is 31.2 Å². The van der Waals surface area contributed by atoms with E-state index in [0.717, 1.165) is 0 Å². The van der Waals surface area contributed by atoms with Gasteiger partial charge in [0.25, 0.3) is 5.91 Å². The van der Waals surface area contributed by atoms with Crippen LogP contribution < -0.4 is 0 Å². The van der Waals surface area contributed by atoms with Crippen molar-refractivity contribution in [1.29, 1.82) is 5.26 Å². The first-order valence-corrected chi connectivity index (χ1v) is 8.06. The molecule has 0 spiro atoms. The smallest absolute Gasteiger partial charge is 0.293 e. The van der Waals surface area contributed by atoms with Crippen LogP contribution in [-0.4, -0.2) is 17.4 Å². The molecule has 1 aliphatic rings. The number of hydrogen-bond donors (Lipinski definition) is 0. The number of halogens is 1. The number of nitriles is 1. The molecular weight excluding hydrogens is 336 g/mol. The highest BCUT2D eigenvalue weighted by atomic mass is 35.5. The normalized spacial score (nSPS) is 20.4. The lowest BCUT2D eigenvalue weighted by atomic mass is 9.78. The van der Waals surface area contributed by atoms with Crippen LogP contribution in [0, 0.1) is 11.3 Å². The third kappa shape index (κ3) is 2.95. The molecule has 2 aromatic carbocycles. The molecule has 0 saturated heterocycles. The summed E-state index contributed by atoms with van der Waals surface area (Å²) in [6, 6.07) is 18.2. The molecule has 0 fully saturated rings. The summed E-state index contributed by atoms with van der Waals surface area (Å²) in [7, 11) is 0. The molecule has 3 rings (SSSR count). The zero-order chi connectivity index (χ0) is 18.0. The third-order valence-electron chi connectivity index (χ3n) is 4.22. The Kier molecular flexibility index (Phi) is 4.43. The van der Waals surface area contributed by atoms with Crippen LogP contribution in [0.1, 0.15) is 24.0 Å². The standard InChI is InChI=1S/C20H15ClN2O2/c1-13(12-22)17(15-10-6-7-11-16(15)21)20(2)19(24)23-18(25-20)14-8-4-3-5-9-14/h3-11,17H,1H2,2H3/t17-,20+/m1/s1. The molecule has 4 nitrogen and oxygen atoms in total. The first-order chi connectivity index (χ1) is 12.0. The van der Waals surface area contributed by atoms with Gasteiger partial charge in [-0.3, -0.25) is 4.79 Å². The van der Waals surface area contributed by atoms with Crippen LogP contribution in [0.3, 0.4) is 0 Å². The van der Waals surface area contributed by atoms with Crippen molar-refractivity contribution in [2.75, 3.05) is 0 Å². The van der Waals surface area contributed by atoms with E-state index in [2.05, 4.69) is 11.6 Å². The Hall–Kier alpha value is -2.90. The van der Waals surface area contributed by atoms with Gasteiger partial charge in [-0.2, -0.15) is 10.3 Å². The fourth-order valence-corrected chi connectivity index (χ4v) is 3.19. The average molecular weight is 351 g/mol. The fraction of sp³-hybridized carbons (Fsp3) is 0.150. The van der Waals surface area contributed by atoms with Gasteiger partial charge in [0.15, 0.2) is 5.60 Å². The van der Waals surface area contributed by atoms with Gasteiger partial charge in [-0.25, -0.2) is 0 Å². The number of carbonyl (C=O) groups is 1. The molecule has 0 aromatic heterocycles. The Labute approximate surface area is 151 Å². The summed E-state index contributed by atoms with van der Waals surface area (Å²) in [6.07, 6.45) is 0. The minimum Gasteiger partial charge on any atom is -0.460 e. The molecule has 0 radical (unpaired) electrons. The van der Waals surface area contributed by atoms with E-state index in [9.17, 15) is 10.1 Å². The van der Waals surface area contributed by atoms with Gasteiger partial charge >= 0.3 is 0 Å². The Balaban J connectivity index is 2.06. The summed E-state index contributed by atoms with van der Waals surface area (Å²) in [5.74, 6) is -0.966. The minimum absolute atomic E-state index is 0.188. The number of ether oxygens (including phenoxy) is 1. The Morgan fingerprint density at radius 3 is 2.52 bits per heavy atom. The largest absolute Gasteiger partial charge is 0.460 e. The fourth-order valence-electron chi connectivity index (χ4n) is 2.95. The summed E-state index contributed by atoms with van der Waals surface area (Å²) < 4.78 is 5.97. The molecule has 0 N–H and O–H groups in total. The molecule has 1 heterocycles. The van der Waals surface area contributed by atoms with E-state index in [0.29, 0.717) is 16.1 Å². The van der Waals surface area contributed by atoms with E-state index in [4.69, 9.17) is 16.3 Å². The van der Waals surface area contributed by atoms with Crippen LogP contribution in [-0.2, 0) is 9.53 Å². The number of benzene rings is 2. The van der Waals surface area contributed by atoms with E-state index in [1.807, 2.05) is 36.4 Å². The number of hydrogen-bond acceptors (Lipinski definition) is 3. The second kappa shape index (κ2) is 6.54. The highest BCUT2D eigenvalue weighted by Gasteiger charge is 2.51. The van der Waals surface area contributed by atoms with Crippen molar-refractivity contribution in [3.8, 4) is 6.07 Å². The summed E-state index contributed by atoms with van der Waals surface area (Å²) >= 11 is 6.31. The second-order valence-electron chi connectivity index (χ2n) is 5.89. The predicted octanol–water partition coefficient (Wildman–Crippen LogP) is 4.27. The maximum absolute atomic E-state index is 12.7. The SMILES string of the molecule is C=C(C#N)[C@H](c1ccccc1Cl)[C@]1(C)OC(c2ccccc2)=NC1=O. The lowest BCUT2D eigenvalue weighted by molar-refractivity contribution is -0.130. The highest BCUT2D eigenvalue weighted by Crippen LogP contribution is 2.43. The highest BCUT2D eigenvalue weighted by molar-refractivity contribution is 6.31. The number of nitrogens with zero attached hydrogens (tertiary/aromatic N) is 2. The number of rotatable bonds is 4. The molecular formula is C20H15ClN2O2. The van der Waals surface area contributed by atoms with Crippen LogP contribution in [0.4, 0.5) is 0 Å². The van der Waals surface area contributed by atoms with Crippen molar-refractivity contribution in [1.82, 2.24) is 0 Å². The van der Waals surface area contributed by atoms with E-state index < -0.39 is 17.4 Å². The number of carbonyl (C=O) groups excluding carboxylic acids is 1. The lowest BCUT2D eigenvalue weighted by Gasteiger charge is -2.31. The van der Waals surface area contributed by atoms with Crippen molar-refractivity contribution in [2.45, 2.75) is 18.4 Å². The van der Waals surface area contributed by atoms with E-state index in [-0.39, 0.29) is 11.5 Å². The van der Waals surface area contributed by atoms with Crippen LogP contribution in [0.15, 0.2) is 71.7 Å². The van der Waals surface area contributed by atoms with Crippen LogP contribution in [0.5, 0.6) is 0 Å². The second-order valence-corrected chi connectivity index (χ2v) is 6.30. The first kappa shape index (κ1) is 16.9. The van der Waals surface area contributed by atoms with Crippen molar-refractivity contribution < 1.29 is 9.53 Å². The molecule has 2 aromatic rings. The van der Waals surface area contributed by atoms with Gasteiger partial charge in [-0.15, -0.1) is 0 Å². The van der Waals surface area contributed by atoms with Crippen molar-refractivity contribution in [3.63, 3.8) is 0 Å². The van der Waals surface area contributed by atoms with Crippen molar-refractivity contribution >= 4 is 23.4 Å². The van der Waals surface area contributed by atoms with Gasteiger partial charge in [0.05, 0.1) is 12.0 Å². The molecule has 2 atom stereocenters. The summed E-state index contributed by atoms with van der Waals surface area (Å²) in [4.78, 5) is 16.8. The van der Waals surface area contributed by atoms with Gasteiger partial charge in [0.2, 0.25) is 5.90 Å². The zero-order valence-electron chi connectivity index (χ0n) is 13.6. The van der Waals surface area contributed by atoms with Gasteiger partial charge in [0.1, 0.15) is 0 Å². The number of amides is 1. The molecule has 1 amide bonds. The Morgan fingerprint density at radius 2 is 1.88 bits per heavy atom. The van der Waals surface area contributed by atoms with Gasteiger partial charge < -0.3 is 4.74 Å². The van der Waals surface area contributed by atoms with Crippen molar-refractivity contribution in [2.24, 2.45) is 4.99 Å². The molecule has 124 valence electrons. The summed E-state index contributed by atoms with van der Waals surface area (Å²) in [5.41, 5.74) is 0.104. The minimum atomic E-state index is -1.39. The summed E-state index contributed by atoms with van der Waals surface area (Å²) in [5, 5.41) is 9.84. The van der Waals surface area contributed by atoms with Crippen LogP contribution in [0.25, 0.3) is 0 Å². The van der Waals surface area contributed by atoms with Gasteiger partial charge in [0, 0.05) is 16.2 Å². The van der Waals surface area contributed by atoms with Crippen LogP contribution >= 0.6 is 11.6 Å². The number of aliphatic imine (C=N–C) groups is 1. The quantitative estimate of drug-likeness (QED) is 0.774. The maximum Gasteiger partial charge on any atom is 0.293 e. The zero-order valence-corrected chi connectivity index (χ0v) is 14.3. The third-order valence-corrected chi connectivity index (χ3v) is 4.56. The van der Waals surface area contributed by atoms with Crippen LogP contribution in [0.2, 0.25) is 5.02 Å². The topological polar surface area (TPSA) is 62.4 Å². The van der Waals surface area contributed by atoms with Gasteiger partial charge in [-0.1, -0.05) is 54.6 Å². The Morgan fingerprint density at radius 1 is 1.24 bits per heavy atom. The molecule has 0 bridgehead atoms. The molecule has 1 aliphatic heterocycles. The Bertz CT molecular complexity index is 915. The molecule has 0 saturated carbocycles. The van der Waals surface area contributed by atoms with Gasteiger partial charge in [-0.05, 0) is 30.7 Å². The van der Waals surface area contributed by atoms with E-state index in [1.165, 1.54) is 0 Å². The van der Waals surface area contributed by atoms with Crippen molar-refractivity contribution in [3.05, 3.63) is 82.9 Å². The molecule has 0 unspecified atom stereocenters. The molecule has 5 heteroatoms. The maximum atomic E-state index is 12.7. The molecule has 0 aliphatic carbocycles. The average Bonchev–Trinajstić information content (AvgIpc) is 2.93. The summed E-state index contributed by atoms with van der Waals surface area (Å²) in [6.45, 7) is 5.43. The lowest BCUT2D eigenvalue weighted by Crippen LogP contribution is -2.41. The first-order valence-electron chi connectivity index (χ1n) is 7.68. The van der Waals surface area contributed by atoms with E-state index >= 15 is 0 Å².